The molecular formula is C16H20N6O3. The van der Waals surface area contributed by atoms with Crippen molar-refractivity contribution in [1.82, 2.24) is 29.4 Å². The average Bonchev–Trinajstić information content (AvgIpc) is 3.15. The number of carbonyl (C=O) groups is 2. The van der Waals surface area contributed by atoms with Crippen LogP contribution in [-0.4, -0.2) is 67.4 Å². The van der Waals surface area contributed by atoms with E-state index in [4.69, 9.17) is 0 Å². The van der Waals surface area contributed by atoms with Gasteiger partial charge in [-0.05, 0) is 19.1 Å². The van der Waals surface area contributed by atoms with E-state index in [0.717, 1.165) is 0 Å². The van der Waals surface area contributed by atoms with Crippen LogP contribution in [0.4, 0.5) is 0 Å². The molecule has 0 radical (unpaired) electrons. The van der Waals surface area contributed by atoms with E-state index in [9.17, 15) is 14.4 Å². The number of nitrogens with zero attached hydrogens (tertiary/aromatic N) is 6. The normalized spacial score (nSPS) is 15.9. The molecule has 2 amide bonds. The van der Waals surface area contributed by atoms with Gasteiger partial charge < -0.3 is 9.80 Å². The van der Waals surface area contributed by atoms with E-state index in [1.165, 1.54) is 22.4 Å². The first-order valence-corrected chi connectivity index (χ1v) is 8.11. The SMILES string of the molecule is CC(=O)N1CCN(C(=O)C(C)n2nc(-n3cccn3)ccc2=O)CC1. The molecular weight excluding hydrogens is 324 g/mol. The monoisotopic (exact) mass is 344 g/mol. The predicted octanol–water partition coefficient (Wildman–Crippen LogP) is -0.319. The van der Waals surface area contributed by atoms with Crippen LogP contribution < -0.4 is 5.56 Å². The highest BCUT2D eigenvalue weighted by Gasteiger charge is 2.27. The Hall–Kier alpha value is -2.97. The Kier molecular flexibility index (Phi) is 4.64. The standard InChI is InChI=1S/C16H20N6O3/c1-12(16(25)20-10-8-19(9-11-20)13(2)23)22-15(24)5-4-14(18-22)21-7-3-6-17-21/h3-7,12H,8-11H2,1-2H3. The van der Waals surface area contributed by atoms with E-state index >= 15 is 0 Å². The number of amides is 2. The Labute approximate surface area is 144 Å². The minimum absolute atomic E-state index is 0.00459. The number of hydrogen-bond acceptors (Lipinski definition) is 5. The minimum atomic E-state index is -0.730. The summed E-state index contributed by atoms with van der Waals surface area (Å²) in [6.07, 6.45) is 3.32. The molecule has 1 saturated heterocycles. The van der Waals surface area contributed by atoms with Gasteiger partial charge in [0, 0.05) is 51.6 Å². The molecule has 2 aromatic rings. The van der Waals surface area contributed by atoms with Crippen molar-refractivity contribution in [3.63, 3.8) is 0 Å². The topological polar surface area (TPSA) is 93.3 Å². The molecule has 2 aromatic heterocycles. The highest BCUT2D eigenvalue weighted by atomic mass is 16.2. The molecule has 1 fully saturated rings. The van der Waals surface area contributed by atoms with Gasteiger partial charge in [0.25, 0.3) is 5.56 Å². The van der Waals surface area contributed by atoms with Gasteiger partial charge in [0.15, 0.2) is 5.82 Å². The number of carbonyl (C=O) groups excluding carboxylic acids is 2. The van der Waals surface area contributed by atoms with Crippen molar-refractivity contribution in [2.45, 2.75) is 19.9 Å². The third-order valence-electron chi connectivity index (χ3n) is 4.31. The van der Waals surface area contributed by atoms with Crippen LogP contribution in [0.5, 0.6) is 0 Å². The lowest BCUT2D eigenvalue weighted by Gasteiger charge is -2.35. The van der Waals surface area contributed by atoms with Crippen molar-refractivity contribution in [2.24, 2.45) is 0 Å². The first-order valence-electron chi connectivity index (χ1n) is 8.11. The average molecular weight is 344 g/mol. The summed E-state index contributed by atoms with van der Waals surface area (Å²) in [5, 5.41) is 8.35. The largest absolute Gasteiger partial charge is 0.339 e. The molecule has 0 saturated carbocycles. The van der Waals surface area contributed by atoms with Gasteiger partial charge in [-0.15, -0.1) is 5.10 Å². The first kappa shape index (κ1) is 16.9. The molecule has 9 heteroatoms. The molecule has 1 atom stereocenters. The number of rotatable bonds is 3. The van der Waals surface area contributed by atoms with Crippen molar-refractivity contribution in [3.8, 4) is 5.82 Å². The Balaban J connectivity index is 1.77. The van der Waals surface area contributed by atoms with E-state index in [0.29, 0.717) is 32.0 Å². The molecule has 9 nitrogen and oxygen atoms in total. The summed E-state index contributed by atoms with van der Waals surface area (Å²) < 4.78 is 2.70. The molecule has 132 valence electrons. The van der Waals surface area contributed by atoms with Crippen LogP contribution in [0.15, 0.2) is 35.4 Å². The highest BCUT2D eigenvalue weighted by Crippen LogP contribution is 2.11. The maximum Gasteiger partial charge on any atom is 0.267 e. The number of aromatic nitrogens is 4. The predicted molar refractivity (Wildman–Crippen MR) is 89.2 cm³/mol. The summed E-state index contributed by atoms with van der Waals surface area (Å²) in [5.41, 5.74) is -0.348. The van der Waals surface area contributed by atoms with Crippen molar-refractivity contribution in [3.05, 3.63) is 40.9 Å². The summed E-state index contributed by atoms with van der Waals surface area (Å²) in [5.74, 6) is 0.283. The van der Waals surface area contributed by atoms with E-state index in [-0.39, 0.29) is 17.4 Å². The molecule has 0 bridgehead atoms. The van der Waals surface area contributed by atoms with Gasteiger partial charge in [-0.1, -0.05) is 0 Å². The molecule has 3 heterocycles. The Morgan fingerprint density at radius 3 is 2.40 bits per heavy atom. The zero-order chi connectivity index (χ0) is 18.0. The molecule has 0 N–H and O–H groups in total. The van der Waals surface area contributed by atoms with Gasteiger partial charge >= 0.3 is 0 Å². The van der Waals surface area contributed by atoms with Crippen LogP contribution in [-0.2, 0) is 9.59 Å². The van der Waals surface area contributed by atoms with Gasteiger partial charge in [0.05, 0.1) is 0 Å². The molecule has 1 aliphatic rings. The lowest BCUT2D eigenvalue weighted by molar-refractivity contribution is -0.140. The molecule has 0 aliphatic carbocycles. The molecule has 1 aliphatic heterocycles. The Morgan fingerprint density at radius 1 is 1.12 bits per heavy atom. The third-order valence-corrected chi connectivity index (χ3v) is 4.31. The van der Waals surface area contributed by atoms with Crippen LogP contribution in [0.25, 0.3) is 5.82 Å². The van der Waals surface area contributed by atoms with Gasteiger partial charge in [0.2, 0.25) is 11.8 Å². The summed E-state index contributed by atoms with van der Waals surface area (Å²) in [7, 11) is 0. The van der Waals surface area contributed by atoms with Crippen LogP contribution in [0, 0.1) is 0 Å². The van der Waals surface area contributed by atoms with Crippen molar-refractivity contribution >= 4 is 11.8 Å². The first-order chi connectivity index (χ1) is 12.0. The van der Waals surface area contributed by atoms with Crippen LogP contribution in [0.3, 0.4) is 0 Å². The smallest absolute Gasteiger partial charge is 0.267 e. The van der Waals surface area contributed by atoms with Crippen molar-refractivity contribution < 1.29 is 9.59 Å². The van der Waals surface area contributed by atoms with Crippen molar-refractivity contribution in [2.75, 3.05) is 26.2 Å². The maximum absolute atomic E-state index is 12.7. The second-order valence-electron chi connectivity index (χ2n) is 5.93. The molecule has 25 heavy (non-hydrogen) atoms. The van der Waals surface area contributed by atoms with Crippen LogP contribution in [0.2, 0.25) is 0 Å². The lowest BCUT2D eigenvalue weighted by atomic mass is 10.2. The molecule has 1 unspecified atom stereocenters. The van der Waals surface area contributed by atoms with E-state index < -0.39 is 6.04 Å². The zero-order valence-electron chi connectivity index (χ0n) is 14.2. The lowest BCUT2D eigenvalue weighted by Crippen LogP contribution is -2.52. The second-order valence-corrected chi connectivity index (χ2v) is 5.93. The minimum Gasteiger partial charge on any atom is -0.339 e. The molecule has 0 spiro atoms. The van der Waals surface area contributed by atoms with E-state index in [2.05, 4.69) is 10.2 Å². The van der Waals surface area contributed by atoms with Gasteiger partial charge in [0.1, 0.15) is 6.04 Å². The van der Waals surface area contributed by atoms with E-state index in [1.54, 1.807) is 41.2 Å². The summed E-state index contributed by atoms with van der Waals surface area (Å²) in [6.45, 7) is 5.09. The van der Waals surface area contributed by atoms with Crippen molar-refractivity contribution in [1.29, 1.82) is 0 Å². The maximum atomic E-state index is 12.7. The zero-order valence-corrected chi connectivity index (χ0v) is 14.2. The Morgan fingerprint density at radius 2 is 1.80 bits per heavy atom. The van der Waals surface area contributed by atoms with Crippen LogP contribution >= 0.6 is 0 Å². The third kappa shape index (κ3) is 3.44. The quantitative estimate of drug-likeness (QED) is 0.761. The summed E-state index contributed by atoms with van der Waals surface area (Å²) >= 11 is 0. The van der Waals surface area contributed by atoms with Gasteiger partial charge in [-0.3, -0.25) is 14.4 Å². The fourth-order valence-electron chi connectivity index (χ4n) is 2.83. The summed E-state index contributed by atoms with van der Waals surface area (Å²) in [6, 6.07) is 3.96. The molecule has 0 aromatic carbocycles. The van der Waals surface area contributed by atoms with Crippen LogP contribution in [0.1, 0.15) is 19.9 Å². The second kappa shape index (κ2) is 6.88. The highest BCUT2D eigenvalue weighted by molar-refractivity contribution is 5.80. The molecule has 3 rings (SSSR count). The van der Waals surface area contributed by atoms with Gasteiger partial charge in [-0.2, -0.15) is 5.10 Å². The summed E-state index contributed by atoms with van der Waals surface area (Å²) in [4.78, 5) is 39.6. The number of hydrogen-bond donors (Lipinski definition) is 0. The Bertz CT molecular complexity index is 821. The fraction of sp³-hybridized carbons (Fsp3) is 0.438. The fourth-order valence-corrected chi connectivity index (χ4v) is 2.83. The number of piperazine rings is 1. The van der Waals surface area contributed by atoms with E-state index in [1.807, 2.05) is 0 Å². The van der Waals surface area contributed by atoms with Gasteiger partial charge in [-0.25, -0.2) is 9.36 Å².